The highest BCUT2D eigenvalue weighted by Crippen LogP contribution is 2.03. The van der Waals surface area contributed by atoms with Crippen molar-refractivity contribution in [2.75, 3.05) is 13.5 Å². The zero-order chi connectivity index (χ0) is 9.52. The maximum atomic E-state index is 10.9. The lowest BCUT2D eigenvalue weighted by Gasteiger charge is -2.04. The smallest absolute Gasteiger partial charge is 0.307 e. The van der Waals surface area contributed by atoms with E-state index in [0.29, 0.717) is 25.7 Å². The largest absolute Gasteiger partial charge is 0.450 e. The number of esters is 2. The van der Waals surface area contributed by atoms with Gasteiger partial charge in [0, 0.05) is 12.8 Å². The Morgan fingerprint density at radius 2 is 1.38 bits per heavy atom. The number of rotatable bonds is 0. The van der Waals surface area contributed by atoms with E-state index in [4.69, 9.17) is 9.47 Å². The van der Waals surface area contributed by atoms with Gasteiger partial charge < -0.3 is 9.47 Å². The number of hydrogen-bond acceptors (Lipinski definition) is 5. The van der Waals surface area contributed by atoms with E-state index in [1.54, 1.807) is 0 Å². The van der Waals surface area contributed by atoms with E-state index < -0.39 is 0 Å². The van der Waals surface area contributed by atoms with Crippen LogP contribution in [0.25, 0.3) is 0 Å². The van der Waals surface area contributed by atoms with Gasteiger partial charge in [-0.1, -0.05) is 0 Å². The number of carbonyl (C=O) groups is 2. The van der Waals surface area contributed by atoms with Crippen molar-refractivity contribution in [2.24, 2.45) is 0 Å². The first-order valence-corrected chi connectivity index (χ1v) is 4.31. The minimum absolute atomic E-state index is 0.103. The lowest BCUT2D eigenvalue weighted by Crippen LogP contribution is -2.24. The fraction of sp³-hybridized carbons (Fsp3) is 0.750. The molecule has 0 aromatic heterocycles. The van der Waals surface area contributed by atoms with E-state index in [-0.39, 0.29) is 25.4 Å². The molecule has 1 aliphatic heterocycles. The molecule has 0 radical (unpaired) electrons. The first-order valence-electron chi connectivity index (χ1n) is 4.31. The predicted molar refractivity (Wildman–Crippen MR) is 43.5 cm³/mol. The molecular weight excluding hydrogens is 174 g/mol. The summed E-state index contributed by atoms with van der Waals surface area (Å²) in [6.07, 6.45) is 2.09. The van der Waals surface area contributed by atoms with Gasteiger partial charge in [-0.25, -0.2) is 0 Å². The van der Waals surface area contributed by atoms with E-state index in [1.165, 1.54) is 0 Å². The minimum atomic E-state index is -0.234. The third-order valence-corrected chi connectivity index (χ3v) is 1.68. The van der Waals surface area contributed by atoms with E-state index in [9.17, 15) is 9.59 Å². The van der Waals surface area contributed by atoms with Crippen molar-refractivity contribution < 1.29 is 19.1 Å². The molecule has 1 N–H and O–H groups in total. The minimum Gasteiger partial charge on any atom is -0.450 e. The average molecular weight is 187 g/mol. The third-order valence-electron chi connectivity index (χ3n) is 1.68. The van der Waals surface area contributed by atoms with Crippen molar-refractivity contribution in [2.45, 2.75) is 25.7 Å². The zero-order valence-electron chi connectivity index (χ0n) is 7.38. The second-order valence-electron chi connectivity index (χ2n) is 2.78. The summed E-state index contributed by atoms with van der Waals surface area (Å²) in [5, 5.41) is 2.66. The molecular formula is C8H13NO4. The Bertz CT molecular complexity index is 173. The highest BCUT2D eigenvalue weighted by Gasteiger charge is 2.07. The molecule has 0 spiro atoms. The summed E-state index contributed by atoms with van der Waals surface area (Å²) in [6, 6.07) is 0. The molecule has 5 heteroatoms. The quantitative estimate of drug-likeness (QED) is 0.547. The standard InChI is InChI=1S/C8H13NO4/c10-7-3-1-2-4-8(11)13-6-9-5-12-7/h9H,1-6H2. The van der Waals surface area contributed by atoms with Crippen molar-refractivity contribution in [3.8, 4) is 0 Å². The summed E-state index contributed by atoms with van der Waals surface area (Å²) in [7, 11) is 0. The van der Waals surface area contributed by atoms with E-state index in [1.807, 2.05) is 0 Å². The Kier molecular flexibility index (Phi) is 4.25. The highest BCUT2D eigenvalue weighted by molar-refractivity contribution is 5.70. The molecule has 0 unspecified atom stereocenters. The SMILES string of the molecule is O=C1CCCCC(=O)OCNCO1. The Labute approximate surface area is 76.4 Å². The molecule has 5 nitrogen and oxygen atoms in total. The summed E-state index contributed by atoms with van der Waals surface area (Å²) >= 11 is 0. The van der Waals surface area contributed by atoms with Crippen LogP contribution in [0, 0.1) is 0 Å². The normalized spacial score (nSPS) is 21.2. The van der Waals surface area contributed by atoms with Crippen LogP contribution in [0.1, 0.15) is 25.7 Å². The molecule has 0 bridgehead atoms. The van der Waals surface area contributed by atoms with Crippen molar-refractivity contribution in [3.05, 3.63) is 0 Å². The van der Waals surface area contributed by atoms with Crippen LogP contribution >= 0.6 is 0 Å². The number of hydrogen-bond donors (Lipinski definition) is 1. The third kappa shape index (κ3) is 4.47. The molecule has 1 aliphatic rings. The molecule has 13 heavy (non-hydrogen) atoms. The zero-order valence-corrected chi connectivity index (χ0v) is 7.38. The summed E-state index contributed by atoms with van der Waals surface area (Å²) in [5.41, 5.74) is 0. The number of nitrogens with one attached hydrogen (secondary N) is 1. The number of ether oxygens (including phenoxy) is 2. The van der Waals surface area contributed by atoms with Gasteiger partial charge in [0.05, 0.1) is 0 Å². The van der Waals surface area contributed by atoms with Crippen LogP contribution in [0.2, 0.25) is 0 Å². The van der Waals surface area contributed by atoms with Gasteiger partial charge in [-0.2, -0.15) is 0 Å². The first kappa shape index (κ1) is 9.98. The predicted octanol–water partition coefficient (Wildman–Crippen LogP) is 0.151. The maximum absolute atomic E-state index is 10.9. The fourth-order valence-corrected chi connectivity index (χ4v) is 0.988. The van der Waals surface area contributed by atoms with Crippen LogP contribution in [0.4, 0.5) is 0 Å². The molecule has 0 aromatic carbocycles. The summed E-state index contributed by atoms with van der Waals surface area (Å²) in [5.74, 6) is -0.469. The molecule has 1 fully saturated rings. The van der Waals surface area contributed by atoms with Crippen molar-refractivity contribution in [1.82, 2.24) is 5.32 Å². The second kappa shape index (κ2) is 5.53. The monoisotopic (exact) mass is 187 g/mol. The lowest BCUT2D eigenvalue weighted by molar-refractivity contribution is -0.146. The van der Waals surface area contributed by atoms with Gasteiger partial charge in [-0.3, -0.25) is 14.9 Å². The van der Waals surface area contributed by atoms with Gasteiger partial charge in [0.1, 0.15) is 13.5 Å². The van der Waals surface area contributed by atoms with Gasteiger partial charge in [-0.15, -0.1) is 0 Å². The molecule has 1 saturated heterocycles. The van der Waals surface area contributed by atoms with Gasteiger partial charge in [0.2, 0.25) is 0 Å². The van der Waals surface area contributed by atoms with Crippen LogP contribution in [-0.4, -0.2) is 25.4 Å². The van der Waals surface area contributed by atoms with E-state index in [2.05, 4.69) is 5.32 Å². The molecule has 0 amide bonds. The highest BCUT2D eigenvalue weighted by atomic mass is 16.6. The molecule has 74 valence electrons. The van der Waals surface area contributed by atoms with Crippen LogP contribution < -0.4 is 5.32 Å². The van der Waals surface area contributed by atoms with Crippen LogP contribution in [0.3, 0.4) is 0 Å². The topological polar surface area (TPSA) is 64.6 Å². The molecule has 1 heterocycles. The Morgan fingerprint density at radius 1 is 0.923 bits per heavy atom. The van der Waals surface area contributed by atoms with Crippen LogP contribution in [-0.2, 0) is 19.1 Å². The second-order valence-corrected chi connectivity index (χ2v) is 2.78. The van der Waals surface area contributed by atoms with Gasteiger partial charge in [-0.05, 0) is 12.8 Å². The Balaban J connectivity index is 2.30. The fourth-order valence-electron chi connectivity index (χ4n) is 0.988. The van der Waals surface area contributed by atoms with E-state index >= 15 is 0 Å². The lowest BCUT2D eigenvalue weighted by atomic mass is 10.2. The van der Waals surface area contributed by atoms with Crippen molar-refractivity contribution in [3.63, 3.8) is 0 Å². The first-order chi connectivity index (χ1) is 6.29. The van der Waals surface area contributed by atoms with Crippen LogP contribution in [0.15, 0.2) is 0 Å². The van der Waals surface area contributed by atoms with Crippen LogP contribution in [0.5, 0.6) is 0 Å². The molecule has 1 rings (SSSR count). The molecule has 0 aromatic rings. The number of carbonyl (C=O) groups excluding carboxylic acids is 2. The molecule has 0 aliphatic carbocycles. The van der Waals surface area contributed by atoms with Gasteiger partial charge in [0.25, 0.3) is 0 Å². The van der Waals surface area contributed by atoms with E-state index in [0.717, 1.165) is 0 Å². The van der Waals surface area contributed by atoms with Gasteiger partial charge >= 0.3 is 11.9 Å². The Hall–Kier alpha value is -1.10. The average Bonchev–Trinajstić information content (AvgIpc) is 2.14. The maximum Gasteiger partial charge on any atom is 0.307 e. The Morgan fingerprint density at radius 3 is 1.85 bits per heavy atom. The molecule has 0 atom stereocenters. The van der Waals surface area contributed by atoms with Gasteiger partial charge in [0.15, 0.2) is 0 Å². The van der Waals surface area contributed by atoms with Crippen molar-refractivity contribution in [1.29, 1.82) is 0 Å². The molecule has 0 saturated carbocycles. The summed E-state index contributed by atoms with van der Waals surface area (Å²) < 4.78 is 9.54. The van der Waals surface area contributed by atoms with Crippen molar-refractivity contribution >= 4 is 11.9 Å². The summed E-state index contributed by atoms with van der Waals surface area (Å²) in [6.45, 7) is 0.207. The summed E-state index contributed by atoms with van der Waals surface area (Å²) in [4.78, 5) is 21.8. The number of cyclic esters (lactones) is 2.